The molecule has 2 rings (SSSR count). The first kappa shape index (κ1) is 29.5. The minimum absolute atomic E-state index is 0.0142. The van der Waals surface area contributed by atoms with Gasteiger partial charge in [0.05, 0.1) is 23.3 Å². The third-order valence-corrected chi connectivity index (χ3v) is 7.87. The molecule has 0 bridgehead atoms. The van der Waals surface area contributed by atoms with Gasteiger partial charge in [-0.15, -0.1) is 0 Å². The van der Waals surface area contributed by atoms with E-state index in [4.69, 9.17) is 5.21 Å². The molecule has 0 aliphatic rings. The summed E-state index contributed by atoms with van der Waals surface area (Å²) >= 11 is 0. The van der Waals surface area contributed by atoms with E-state index in [9.17, 15) is 18.3 Å². The maximum atomic E-state index is 13.5. The van der Waals surface area contributed by atoms with Gasteiger partial charge >= 0.3 is 0 Å². The first-order chi connectivity index (χ1) is 17.1. The highest BCUT2D eigenvalue weighted by molar-refractivity contribution is 7.89. The Morgan fingerprint density at radius 3 is 2.25 bits per heavy atom. The van der Waals surface area contributed by atoms with Crippen LogP contribution in [-0.2, 0) is 21.2 Å². The number of oxime groups is 1. The summed E-state index contributed by atoms with van der Waals surface area (Å²) in [5, 5.41) is 25.9. The van der Waals surface area contributed by atoms with Gasteiger partial charge in [-0.25, -0.2) is 8.42 Å². The first-order valence-electron chi connectivity index (χ1n) is 12.4. The number of hydrogen-bond acceptors (Lipinski definition) is 6. The minimum Gasteiger partial charge on any atom is -0.411 e. The Morgan fingerprint density at radius 1 is 1.06 bits per heavy atom. The monoisotopic (exact) mass is 517 g/mol. The average Bonchev–Trinajstić information content (AvgIpc) is 2.84. The van der Waals surface area contributed by atoms with E-state index in [0.29, 0.717) is 18.4 Å². The normalized spacial score (nSPS) is 14.8. The van der Waals surface area contributed by atoms with Crippen LogP contribution in [0, 0.1) is 11.8 Å². The molecule has 2 aromatic carbocycles. The molecule has 36 heavy (non-hydrogen) atoms. The summed E-state index contributed by atoms with van der Waals surface area (Å²) in [7, 11) is -3.93. The maximum absolute atomic E-state index is 13.5. The van der Waals surface area contributed by atoms with Gasteiger partial charge in [0, 0.05) is 19.5 Å². The first-order valence-corrected chi connectivity index (χ1v) is 13.8. The zero-order valence-electron chi connectivity index (χ0n) is 21.5. The van der Waals surface area contributed by atoms with Crippen molar-refractivity contribution in [1.82, 2.24) is 9.62 Å². The van der Waals surface area contributed by atoms with Gasteiger partial charge in [0.25, 0.3) is 0 Å². The molecule has 0 saturated heterocycles. The maximum Gasteiger partial charge on any atom is 0.243 e. The molecule has 0 saturated carbocycles. The minimum atomic E-state index is -3.93. The Kier molecular flexibility index (Phi) is 11.6. The predicted octanol–water partition coefficient (Wildman–Crippen LogP) is 3.67. The summed E-state index contributed by atoms with van der Waals surface area (Å²) in [4.78, 5) is 12.8. The van der Waals surface area contributed by atoms with Crippen LogP contribution in [-0.4, -0.2) is 60.4 Å². The van der Waals surface area contributed by atoms with Crippen LogP contribution < -0.4 is 5.32 Å². The molecular weight excluding hydrogens is 478 g/mol. The molecule has 1 unspecified atom stereocenters. The molecule has 0 aliphatic heterocycles. The van der Waals surface area contributed by atoms with Crippen LogP contribution in [0.15, 0.2) is 64.6 Å². The van der Waals surface area contributed by atoms with Gasteiger partial charge in [0.15, 0.2) is 0 Å². The van der Waals surface area contributed by atoms with Crippen molar-refractivity contribution in [2.45, 2.75) is 64.0 Å². The van der Waals surface area contributed by atoms with E-state index < -0.39 is 22.2 Å². The fourth-order valence-electron chi connectivity index (χ4n) is 3.83. The summed E-state index contributed by atoms with van der Waals surface area (Å²) in [6.07, 6.45) is 1.66. The molecule has 3 atom stereocenters. The van der Waals surface area contributed by atoms with Gasteiger partial charge in [-0.2, -0.15) is 4.31 Å². The number of rotatable bonds is 14. The highest BCUT2D eigenvalue weighted by Gasteiger charge is 2.31. The summed E-state index contributed by atoms with van der Waals surface area (Å²) in [5.41, 5.74) is 1.49. The zero-order chi connectivity index (χ0) is 26.7. The molecule has 1 amide bonds. The van der Waals surface area contributed by atoms with Crippen LogP contribution in [0.4, 0.5) is 0 Å². The van der Waals surface area contributed by atoms with Gasteiger partial charge in [-0.3, -0.25) is 4.79 Å². The lowest BCUT2D eigenvalue weighted by Crippen LogP contribution is -2.51. The lowest BCUT2D eigenvalue weighted by Gasteiger charge is -2.31. The Balaban J connectivity index is 2.30. The van der Waals surface area contributed by atoms with Crippen LogP contribution in [0.3, 0.4) is 0 Å². The van der Waals surface area contributed by atoms with Crippen molar-refractivity contribution in [2.75, 3.05) is 13.1 Å². The second-order valence-electron chi connectivity index (χ2n) is 9.68. The summed E-state index contributed by atoms with van der Waals surface area (Å²) in [6.45, 7) is 7.87. The van der Waals surface area contributed by atoms with Gasteiger partial charge < -0.3 is 15.6 Å². The largest absolute Gasteiger partial charge is 0.411 e. The number of benzene rings is 2. The molecular formula is C27H39N3O5S. The van der Waals surface area contributed by atoms with E-state index in [1.807, 2.05) is 58.0 Å². The SMILES string of the molecule is CCC(C)CC(=O)N[C@@H](Cc1ccccc1)[C@H](O)CN(CC(C)C)S(=O)(=O)c1ccc(C=NO)cc1. The third kappa shape index (κ3) is 9.04. The Hall–Kier alpha value is -2.75. The van der Waals surface area contributed by atoms with E-state index in [1.54, 1.807) is 12.1 Å². The summed E-state index contributed by atoms with van der Waals surface area (Å²) in [5.74, 6) is 0.0558. The molecule has 0 spiro atoms. The summed E-state index contributed by atoms with van der Waals surface area (Å²) in [6, 6.07) is 14.8. The van der Waals surface area contributed by atoms with Crippen LogP contribution >= 0.6 is 0 Å². The molecule has 0 radical (unpaired) electrons. The van der Waals surface area contributed by atoms with E-state index >= 15 is 0 Å². The molecule has 9 heteroatoms. The molecule has 0 heterocycles. The van der Waals surface area contributed by atoms with Crippen LogP contribution in [0.2, 0.25) is 0 Å². The van der Waals surface area contributed by atoms with Gasteiger partial charge in [0.1, 0.15) is 0 Å². The van der Waals surface area contributed by atoms with Crippen molar-refractivity contribution in [2.24, 2.45) is 17.0 Å². The van der Waals surface area contributed by atoms with Crippen molar-refractivity contribution in [1.29, 1.82) is 0 Å². The second-order valence-corrected chi connectivity index (χ2v) is 11.6. The fourth-order valence-corrected chi connectivity index (χ4v) is 5.45. The highest BCUT2D eigenvalue weighted by Crippen LogP contribution is 2.20. The Morgan fingerprint density at radius 2 is 1.69 bits per heavy atom. The van der Waals surface area contributed by atoms with Crippen molar-refractivity contribution in [3.05, 3.63) is 65.7 Å². The van der Waals surface area contributed by atoms with E-state index in [-0.39, 0.29) is 35.7 Å². The average molecular weight is 518 g/mol. The van der Waals surface area contributed by atoms with Crippen LogP contribution in [0.25, 0.3) is 0 Å². The standard InChI is InChI=1S/C27H39N3O5S/c1-5-21(4)15-27(32)29-25(16-22-9-7-6-8-10-22)26(31)19-30(18-20(2)3)36(34,35)24-13-11-23(12-14-24)17-28-33/h6-14,17,20-21,25-26,31,33H,5,15-16,18-19H2,1-4H3,(H,29,32)/t21?,25-,26+/m0/s1. The number of aliphatic hydroxyl groups excluding tert-OH is 1. The van der Waals surface area contributed by atoms with Crippen molar-refractivity contribution < 1.29 is 23.5 Å². The number of sulfonamides is 1. The molecule has 3 N–H and O–H groups in total. The fraction of sp³-hybridized carbons (Fsp3) is 0.481. The molecule has 2 aromatic rings. The molecule has 0 aliphatic carbocycles. The lowest BCUT2D eigenvalue weighted by atomic mass is 9.99. The van der Waals surface area contributed by atoms with E-state index in [1.165, 1.54) is 22.7 Å². The number of nitrogens with zero attached hydrogens (tertiary/aromatic N) is 2. The van der Waals surface area contributed by atoms with Crippen molar-refractivity contribution in [3.8, 4) is 0 Å². The van der Waals surface area contributed by atoms with Gasteiger partial charge in [-0.1, -0.05) is 81.7 Å². The smallest absolute Gasteiger partial charge is 0.243 e. The van der Waals surface area contributed by atoms with E-state index in [0.717, 1.165) is 12.0 Å². The second kappa shape index (κ2) is 14.1. The Labute approximate surface area is 215 Å². The molecule has 8 nitrogen and oxygen atoms in total. The van der Waals surface area contributed by atoms with Crippen LogP contribution in [0.1, 0.15) is 51.7 Å². The van der Waals surface area contributed by atoms with Gasteiger partial charge in [0.2, 0.25) is 15.9 Å². The third-order valence-electron chi connectivity index (χ3n) is 6.02. The number of carbonyl (C=O) groups excluding carboxylic acids is 1. The van der Waals surface area contributed by atoms with E-state index in [2.05, 4.69) is 10.5 Å². The highest BCUT2D eigenvalue weighted by atomic mass is 32.2. The van der Waals surface area contributed by atoms with Crippen LogP contribution in [0.5, 0.6) is 0 Å². The van der Waals surface area contributed by atoms with Crippen molar-refractivity contribution >= 4 is 22.1 Å². The quantitative estimate of drug-likeness (QED) is 0.201. The lowest BCUT2D eigenvalue weighted by molar-refractivity contribution is -0.123. The predicted molar refractivity (Wildman–Crippen MR) is 142 cm³/mol. The zero-order valence-corrected chi connectivity index (χ0v) is 22.4. The summed E-state index contributed by atoms with van der Waals surface area (Å²) < 4.78 is 28.3. The Bertz CT molecular complexity index is 1070. The number of hydrogen-bond donors (Lipinski definition) is 3. The number of amides is 1. The number of nitrogens with one attached hydrogen (secondary N) is 1. The van der Waals surface area contributed by atoms with Gasteiger partial charge in [-0.05, 0) is 41.5 Å². The van der Waals surface area contributed by atoms with Crippen molar-refractivity contribution in [3.63, 3.8) is 0 Å². The number of carbonyl (C=O) groups is 1. The molecule has 198 valence electrons. The number of aliphatic hydroxyl groups is 1. The topological polar surface area (TPSA) is 119 Å². The molecule has 0 aromatic heterocycles. The molecule has 0 fully saturated rings.